The van der Waals surface area contributed by atoms with Gasteiger partial charge in [0.1, 0.15) is 0 Å². The lowest BCUT2D eigenvalue weighted by Gasteiger charge is -2.23. The number of likely N-dealkylation sites (N-methyl/N-ethyl adjacent to an activating group) is 1. The number of fused-ring (bicyclic) bond motifs is 1. The molecule has 3 heteroatoms. The van der Waals surface area contributed by atoms with Crippen molar-refractivity contribution in [2.75, 3.05) is 13.6 Å². The van der Waals surface area contributed by atoms with Gasteiger partial charge in [0.2, 0.25) is 0 Å². The number of hydrogen-bond donors (Lipinski definition) is 0. The van der Waals surface area contributed by atoms with E-state index in [1.54, 1.807) is 17.3 Å². The second kappa shape index (κ2) is 2.59. The third kappa shape index (κ3) is 0.978. The van der Waals surface area contributed by atoms with Crippen LogP contribution in [0.15, 0.2) is 18.5 Å². The van der Waals surface area contributed by atoms with Gasteiger partial charge in [0.05, 0.1) is 5.56 Å². The summed E-state index contributed by atoms with van der Waals surface area (Å²) in [4.78, 5) is 17.2. The van der Waals surface area contributed by atoms with Gasteiger partial charge in [0.15, 0.2) is 0 Å². The quantitative estimate of drug-likeness (QED) is 0.563. The lowest BCUT2D eigenvalue weighted by atomic mass is 10.0. The van der Waals surface area contributed by atoms with E-state index in [4.69, 9.17) is 0 Å². The molecule has 0 fully saturated rings. The highest BCUT2D eigenvalue weighted by Crippen LogP contribution is 2.15. The molecule has 0 aliphatic carbocycles. The van der Waals surface area contributed by atoms with Crippen LogP contribution in [0.5, 0.6) is 0 Å². The van der Waals surface area contributed by atoms with Crippen molar-refractivity contribution in [1.82, 2.24) is 9.88 Å². The van der Waals surface area contributed by atoms with E-state index >= 15 is 0 Å². The lowest BCUT2D eigenvalue weighted by Crippen LogP contribution is -2.34. The summed E-state index contributed by atoms with van der Waals surface area (Å²) < 4.78 is 0. The van der Waals surface area contributed by atoms with Crippen molar-refractivity contribution in [2.45, 2.75) is 6.42 Å². The highest BCUT2D eigenvalue weighted by molar-refractivity contribution is 5.96. The van der Waals surface area contributed by atoms with E-state index in [0.29, 0.717) is 0 Å². The molecule has 0 saturated heterocycles. The standard InChI is InChI=1S/C9H10N2O/c1-11-5-3-7-2-4-10-6-8(7)9(11)12/h2,4,6H,3,5H2,1H3. The van der Waals surface area contributed by atoms with Crippen LogP contribution in [0.4, 0.5) is 0 Å². The van der Waals surface area contributed by atoms with E-state index in [2.05, 4.69) is 4.98 Å². The van der Waals surface area contributed by atoms with Crippen molar-refractivity contribution >= 4 is 5.91 Å². The minimum absolute atomic E-state index is 0.0874. The van der Waals surface area contributed by atoms with Gasteiger partial charge in [-0.25, -0.2) is 0 Å². The normalized spacial score (nSPS) is 16.1. The SMILES string of the molecule is CN1CCc2ccncc2C1=O. The van der Waals surface area contributed by atoms with Gasteiger partial charge in [-0.2, -0.15) is 0 Å². The number of amides is 1. The van der Waals surface area contributed by atoms with Crippen molar-refractivity contribution in [3.63, 3.8) is 0 Å². The number of rotatable bonds is 0. The molecule has 0 unspecified atom stereocenters. The van der Waals surface area contributed by atoms with Gasteiger partial charge in [0, 0.05) is 26.0 Å². The number of aromatic nitrogens is 1. The molecule has 0 atom stereocenters. The first-order valence-electron chi connectivity index (χ1n) is 3.97. The maximum Gasteiger partial charge on any atom is 0.255 e. The van der Waals surface area contributed by atoms with Crippen molar-refractivity contribution in [3.05, 3.63) is 29.6 Å². The fraction of sp³-hybridized carbons (Fsp3) is 0.333. The second-order valence-corrected chi connectivity index (χ2v) is 3.01. The van der Waals surface area contributed by atoms with Gasteiger partial charge < -0.3 is 4.90 Å². The van der Waals surface area contributed by atoms with Crippen LogP contribution in [-0.4, -0.2) is 29.4 Å². The Balaban J connectivity index is 2.49. The Hall–Kier alpha value is -1.38. The average molecular weight is 162 g/mol. The van der Waals surface area contributed by atoms with Crippen LogP contribution in [0, 0.1) is 0 Å². The van der Waals surface area contributed by atoms with E-state index in [1.165, 1.54) is 0 Å². The first-order valence-corrected chi connectivity index (χ1v) is 3.97. The van der Waals surface area contributed by atoms with Crippen LogP contribution in [0.25, 0.3) is 0 Å². The average Bonchev–Trinajstić information content (AvgIpc) is 2.12. The largest absolute Gasteiger partial charge is 0.341 e. The lowest BCUT2D eigenvalue weighted by molar-refractivity contribution is 0.0780. The Morgan fingerprint density at radius 3 is 3.25 bits per heavy atom. The molecule has 62 valence electrons. The van der Waals surface area contributed by atoms with Gasteiger partial charge in [0.25, 0.3) is 5.91 Å². The molecule has 0 N–H and O–H groups in total. The van der Waals surface area contributed by atoms with Crippen molar-refractivity contribution in [2.24, 2.45) is 0 Å². The Kier molecular flexibility index (Phi) is 1.57. The first kappa shape index (κ1) is 7.28. The minimum Gasteiger partial charge on any atom is -0.341 e. The molecule has 1 aliphatic heterocycles. The summed E-state index contributed by atoms with van der Waals surface area (Å²) in [6.45, 7) is 0.815. The number of nitrogens with zero attached hydrogens (tertiary/aromatic N) is 2. The summed E-state index contributed by atoms with van der Waals surface area (Å²) >= 11 is 0. The van der Waals surface area contributed by atoms with Crippen molar-refractivity contribution < 1.29 is 4.79 Å². The molecule has 1 aromatic rings. The smallest absolute Gasteiger partial charge is 0.255 e. The molecule has 0 radical (unpaired) electrons. The maximum atomic E-state index is 11.5. The van der Waals surface area contributed by atoms with Gasteiger partial charge in [-0.3, -0.25) is 9.78 Å². The fourth-order valence-electron chi connectivity index (χ4n) is 1.43. The third-order valence-corrected chi connectivity index (χ3v) is 2.21. The molecular formula is C9H10N2O. The molecule has 2 heterocycles. The van der Waals surface area contributed by atoms with E-state index < -0.39 is 0 Å². The molecule has 2 rings (SSSR count). The van der Waals surface area contributed by atoms with Crippen molar-refractivity contribution in [3.8, 4) is 0 Å². The number of carbonyl (C=O) groups excluding carboxylic acids is 1. The van der Waals surface area contributed by atoms with Crippen LogP contribution in [-0.2, 0) is 6.42 Å². The topological polar surface area (TPSA) is 33.2 Å². The van der Waals surface area contributed by atoms with Crippen LogP contribution in [0.3, 0.4) is 0 Å². The van der Waals surface area contributed by atoms with Gasteiger partial charge >= 0.3 is 0 Å². The summed E-state index contributed by atoms with van der Waals surface area (Å²) in [6, 6.07) is 1.92. The molecule has 1 aliphatic rings. The predicted molar refractivity (Wildman–Crippen MR) is 44.9 cm³/mol. The number of pyridine rings is 1. The van der Waals surface area contributed by atoms with E-state index in [0.717, 1.165) is 24.1 Å². The Labute approximate surface area is 71.0 Å². The zero-order valence-corrected chi connectivity index (χ0v) is 6.95. The zero-order valence-electron chi connectivity index (χ0n) is 6.95. The number of hydrogen-bond acceptors (Lipinski definition) is 2. The van der Waals surface area contributed by atoms with Gasteiger partial charge in [-0.1, -0.05) is 0 Å². The summed E-state index contributed by atoms with van der Waals surface area (Å²) in [6.07, 6.45) is 4.32. The predicted octanol–water partition coefficient (Wildman–Crippen LogP) is 0.710. The fourth-order valence-corrected chi connectivity index (χ4v) is 1.43. The van der Waals surface area contributed by atoms with E-state index in [9.17, 15) is 4.79 Å². The van der Waals surface area contributed by atoms with Crippen molar-refractivity contribution in [1.29, 1.82) is 0 Å². The molecule has 0 bridgehead atoms. The summed E-state index contributed by atoms with van der Waals surface area (Å²) in [5.74, 6) is 0.0874. The molecule has 12 heavy (non-hydrogen) atoms. The van der Waals surface area contributed by atoms with Crippen LogP contribution in [0.1, 0.15) is 15.9 Å². The highest BCUT2D eigenvalue weighted by Gasteiger charge is 2.20. The van der Waals surface area contributed by atoms with Crippen LogP contribution in [0.2, 0.25) is 0 Å². The summed E-state index contributed by atoms with van der Waals surface area (Å²) in [5.41, 5.74) is 1.87. The molecular weight excluding hydrogens is 152 g/mol. The highest BCUT2D eigenvalue weighted by atomic mass is 16.2. The molecule has 0 spiro atoms. The van der Waals surface area contributed by atoms with E-state index in [1.807, 2.05) is 13.1 Å². The Morgan fingerprint density at radius 1 is 1.58 bits per heavy atom. The molecule has 0 aromatic carbocycles. The van der Waals surface area contributed by atoms with Gasteiger partial charge in [-0.05, 0) is 18.1 Å². The molecule has 0 saturated carbocycles. The molecule has 1 amide bonds. The Morgan fingerprint density at radius 2 is 2.42 bits per heavy atom. The minimum atomic E-state index is 0.0874. The number of carbonyl (C=O) groups is 1. The third-order valence-electron chi connectivity index (χ3n) is 2.21. The van der Waals surface area contributed by atoms with Crippen LogP contribution < -0.4 is 0 Å². The van der Waals surface area contributed by atoms with E-state index in [-0.39, 0.29) is 5.91 Å². The van der Waals surface area contributed by atoms with Crippen LogP contribution >= 0.6 is 0 Å². The maximum absolute atomic E-state index is 11.5. The zero-order chi connectivity index (χ0) is 8.55. The Bertz CT molecular complexity index is 322. The first-order chi connectivity index (χ1) is 5.79. The molecule has 3 nitrogen and oxygen atoms in total. The monoisotopic (exact) mass is 162 g/mol. The summed E-state index contributed by atoms with van der Waals surface area (Å²) in [7, 11) is 1.82. The second-order valence-electron chi connectivity index (χ2n) is 3.01. The summed E-state index contributed by atoms with van der Waals surface area (Å²) in [5, 5.41) is 0. The van der Waals surface area contributed by atoms with Gasteiger partial charge in [-0.15, -0.1) is 0 Å². The molecule has 1 aromatic heterocycles.